The SMILES string of the molecule is [2H]C1([2H])c2ncccc2C(=O)N1Cc1c(F)cc(-c2ccc3nn(C)cc3c2)cc1C1CC1. The Bertz CT molecular complexity index is 1440. The maximum atomic E-state index is 15.6. The van der Waals surface area contributed by atoms with E-state index in [1.54, 1.807) is 16.8 Å². The van der Waals surface area contributed by atoms with E-state index in [9.17, 15) is 4.79 Å². The zero-order chi connectivity index (χ0) is 22.9. The molecule has 2 aliphatic rings. The van der Waals surface area contributed by atoms with Crippen molar-refractivity contribution in [3.8, 4) is 11.1 Å². The first-order chi connectivity index (χ1) is 15.8. The normalized spacial score (nSPS) is 18.3. The summed E-state index contributed by atoms with van der Waals surface area (Å²) in [6, 6.07) is 12.5. The van der Waals surface area contributed by atoms with Crippen molar-refractivity contribution in [3.05, 3.63) is 83.1 Å². The lowest BCUT2D eigenvalue weighted by Gasteiger charge is -2.20. The molecule has 0 bridgehead atoms. The zero-order valence-electron chi connectivity index (χ0n) is 19.0. The molecule has 4 aromatic rings. The van der Waals surface area contributed by atoms with Crippen LogP contribution in [0.5, 0.6) is 0 Å². The van der Waals surface area contributed by atoms with Crippen molar-refractivity contribution >= 4 is 16.8 Å². The minimum Gasteiger partial charge on any atom is -0.328 e. The molecule has 1 aliphatic heterocycles. The first kappa shape index (κ1) is 16.2. The van der Waals surface area contributed by atoms with Gasteiger partial charge in [-0.25, -0.2) is 4.39 Å². The fourth-order valence-corrected chi connectivity index (χ4v) is 4.34. The van der Waals surface area contributed by atoms with E-state index in [-0.39, 0.29) is 23.7 Å². The molecule has 0 spiro atoms. The Kier molecular flexibility index (Phi) is 3.52. The van der Waals surface area contributed by atoms with E-state index in [1.165, 1.54) is 12.3 Å². The Morgan fingerprint density at radius 1 is 1.19 bits per heavy atom. The topological polar surface area (TPSA) is 51.0 Å². The Morgan fingerprint density at radius 3 is 2.87 bits per heavy atom. The average Bonchev–Trinajstić information content (AvgIpc) is 3.53. The molecular formula is C25H21FN4O. The number of pyridine rings is 1. The minimum atomic E-state index is -2.09. The van der Waals surface area contributed by atoms with Crippen LogP contribution in [-0.2, 0) is 20.1 Å². The van der Waals surface area contributed by atoms with Gasteiger partial charge in [-0.1, -0.05) is 12.1 Å². The Morgan fingerprint density at radius 2 is 2.06 bits per heavy atom. The van der Waals surface area contributed by atoms with Crippen LogP contribution in [0.2, 0.25) is 0 Å². The lowest BCUT2D eigenvalue weighted by molar-refractivity contribution is 0.0764. The van der Waals surface area contributed by atoms with Crippen LogP contribution >= 0.6 is 0 Å². The number of nitrogens with zero attached hydrogens (tertiary/aromatic N) is 4. The molecule has 0 atom stereocenters. The summed E-state index contributed by atoms with van der Waals surface area (Å²) >= 11 is 0. The summed E-state index contributed by atoms with van der Waals surface area (Å²) in [5, 5.41) is 5.38. The van der Waals surface area contributed by atoms with Gasteiger partial charge in [0.2, 0.25) is 0 Å². The van der Waals surface area contributed by atoms with Gasteiger partial charge < -0.3 is 4.90 Å². The van der Waals surface area contributed by atoms with Gasteiger partial charge in [0.15, 0.2) is 0 Å². The summed E-state index contributed by atoms with van der Waals surface area (Å²) in [7, 11) is 1.87. The number of aryl methyl sites for hydroxylation is 1. The molecule has 6 rings (SSSR count). The van der Waals surface area contributed by atoms with Gasteiger partial charge in [-0.3, -0.25) is 14.5 Å². The van der Waals surface area contributed by atoms with Crippen molar-refractivity contribution in [2.75, 3.05) is 0 Å². The number of carbonyl (C=O) groups is 1. The van der Waals surface area contributed by atoms with E-state index < -0.39 is 18.2 Å². The van der Waals surface area contributed by atoms with E-state index in [1.807, 2.05) is 37.5 Å². The number of amides is 1. The number of carbonyl (C=O) groups excluding carboxylic acids is 1. The third-order valence-corrected chi connectivity index (χ3v) is 6.04. The van der Waals surface area contributed by atoms with E-state index in [0.717, 1.165) is 45.3 Å². The minimum absolute atomic E-state index is 0.0878. The molecule has 1 fully saturated rings. The van der Waals surface area contributed by atoms with Crippen LogP contribution in [0.15, 0.2) is 54.9 Å². The molecule has 6 heteroatoms. The van der Waals surface area contributed by atoms with Crippen LogP contribution in [0.1, 0.15) is 48.7 Å². The summed E-state index contributed by atoms with van der Waals surface area (Å²) in [5.74, 6) is -0.663. The molecular weight excluding hydrogens is 391 g/mol. The zero-order valence-corrected chi connectivity index (χ0v) is 17.0. The predicted octanol–water partition coefficient (Wildman–Crippen LogP) is 4.81. The van der Waals surface area contributed by atoms with Crippen LogP contribution in [0.4, 0.5) is 4.39 Å². The van der Waals surface area contributed by atoms with Crippen molar-refractivity contribution < 1.29 is 11.9 Å². The Balaban J connectivity index is 1.41. The first-order valence-corrected chi connectivity index (χ1v) is 10.4. The molecule has 0 N–H and O–H groups in total. The highest BCUT2D eigenvalue weighted by molar-refractivity contribution is 5.97. The number of fused-ring (bicyclic) bond motifs is 2. The van der Waals surface area contributed by atoms with Crippen molar-refractivity contribution in [1.82, 2.24) is 19.7 Å². The number of benzene rings is 2. The maximum absolute atomic E-state index is 15.6. The summed E-state index contributed by atoms with van der Waals surface area (Å²) in [6.45, 7) is -2.23. The molecule has 0 unspecified atom stereocenters. The van der Waals surface area contributed by atoms with Crippen LogP contribution < -0.4 is 0 Å². The molecule has 2 aromatic carbocycles. The fraction of sp³-hybridized carbons (Fsp3) is 0.240. The highest BCUT2D eigenvalue weighted by Gasteiger charge is 2.33. The van der Waals surface area contributed by atoms with Crippen molar-refractivity contribution in [2.45, 2.75) is 31.8 Å². The van der Waals surface area contributed by atoms with Gasteiger partial charge in [0.05, 0.1) is 26.0 Å². The first-order valence-electron chi connectivity index (χ1n) is 11.4. The second-order valence-corrected chi connectivity index (χ2v) is 8.28. The smallest absolute Gasteiger partial charge is 0.256 e. The largest absolute Gasteiger partial charge is 0.328 e. The number of hydrogen-bond donors (Lipinski definition) is 0. The lowest BCUT2D eigenvalue weighted by Crippen LogP contribution is -2.24. The molecule has 0 radical (unpaired) electrons. The fourth-order valence-electron chi connectivity index (χ4n) is 4.34. The van der Waals surface area contributed by atoms with Crippen molar-refractivity contribution in [3.63, 3.8) is 0 Å². The summed E-state index contributed by atoms with van der Waals surface area (Å²) in [5.41, 5.74) is 4.10. The average molecular weight is 414 g/mol. The lowest BCUT2D eigenvalue weighted by atomic mass is 9.95. The van der Waals surface area contributed by atoms with Crippen LogP contribution in [0.3, 0.4) is 0 Å². The molecule has 154 valence electrons. The third kappa shape index (κ3) is 3.10. The quantitative estimate of drug-likeness (QED) is 0.482. The molecule has 0 saturated heterocycles. The van der Waals surface area contributed by atoms with Gasteiger partial charge in [-0.2, -0.15) is 5.10 Å². The van der Waals surface area contributed by atoms with Gasteiger partial charge in [-0.05, 0) is 65.8 Å². The standard InChI is InChI=1S/C25H21FN4O/c1-29-12-18-9-16(6-7-23(18)28-29)17-10-20(15-4-5-15)21(22(26)11-17)13-30-14-24-19(25(30)31)3-2-8-27-24/h2-3,6-12,15H,4-5,13-14H2,1H3/i14D2. The molecule has 3 heterocycles. The van der Waals surface area contributed by atoms with Crippen molar-refractivity contribution in [2.24, 2.45) is 7.05 Å². The van der Waals surface area contributed by atoms with E-state index >= 15 is 4.39 Å². The summed E-state index contributed by atoms with van der Waals surface area (Å²) < 4.78 is 34.3. The van der Waals surface area contributed by atoms with Gasteiger partial charge in [0, 0.05) is 36.9 Å². The van der Waals surface area contributed by atoms with Crippen LogP contribution in [-0.4, -0.2) is 25.6 Å². The van der Waals surface area contributed by atoms with Crippen molar-refractivity contribution in [1.29, 1.82) is 0 Å². The molecule has 2 aromatic heterocycles. The second kappa shape index (κ2) is 6.74. The summed E-state index contributed by atoms with van der Waals surface area (Å²) in [4.78, 5) is 18.1. The van der Waals surface area contributed by atoms with Gasteiger partial charge >= 0.3 is 0 Å². The third-order valence-electron chi connectivity index (χ3n) is 6.04. The van der Waals surface area contributed by atoms with Crippen LogP contribution in [0.25, 0.3) is 22.0 Å². The van der Waals surface area contributed by atoms with Gasteiger partial charge in [-0.15, -0.1) is 0 Å². The maximum Gasteiger partial charge on any atom is 0.256 e. The monoisotopic (exact) mass is 414 g/mol. The number of hydrogen-bond acceptors (Lipinski definition) is 3. The molecule has 1 saturated carbocycles. The number of rotatable bonds is 4. The van der Waals surface area contributed by atoms with Gasteiger partial charge in [0.1, 0.15) is 5.82 Å². The molecule has 5 nitrogen and oxygen atoms in total. The summed E-state index contributed by atoms with van der Waals surface area (Å²) in [6.07, 6.45) is 5.32. The van der Waals surface area contributed by atoms with Gasteiger partial charge in [0.25, 0.3) is 5.91 Å². The van der Waals surface area contributed by atoms with Crippen LogP contribution in [0, 0.1) is 5.82 Å². The van der Waals surface area contributed by atoms with E-state index in [4.69, 9.17) is 2.74 Å². The number of halogens is 1. The number of aromatic nitrogens is 3. The highest BCUT2D eigenvalue weighted by Crippen LogP contribution is 2.44. The Hall–Kier alpha value is -3.54. The molecule has 31 heavy (non-hydrogen) atoms. The van der Waals surface area contributed by atoms with E-state index in [0.29, 0.717) is 5.56 Å². The molecule has 1 amide bonds. The Labute approximate surface area is 181 Å². The second-order valence-electron chi connectivity index (χ2n) is 8.28. The highest BCUT2D eigenvalue weighted by atomic mass is 19.1. The van der Waals surface area contributed by atoms with E-state index in [2.05, 4.69) is 10.1 Å². The molecule has 1 aliphatic carbocycles. The predicted molar refractivity (Wildman–Crippen MR) is 116 cm³/mol.